The number of carbonyl (C=O) groups is 1. The van der Waals surface area contributed by atoms with Gasteiger partial charge in [0.1, 0.15) is 11.5 Å². The van der Waals surface area contributed by atoms with E-state index in [1.807, 2.05) is 0 Å². The Morgan fingerprint density at radius 1 is 1.45 bits per heavy atom. The number of ether oxygens (including phenoxy) is 2. The number of methoxy groups -OCH3 is 1. The standard InChI is InChI=1S/C13H18N6O3/c1-21-11-8-9(22-7-4-12-16-18-19-17-12)2-3-10(11)13(20)15-6-5-14/h2-3,8H,4-7,14H2,1H3,(H,15,20)(H,16,17,18,19). The first-order valence-electron chi connectivity index (χ1n) is 6.76. The van der Waals surface area contributed by atoms with Gasteiger partial charge in [0.05, 0.1) is 19.3 Å². The van der Waals surface area contributed by atoms with E-state index in [1.165, 1.54) is 7.11 Å². The van der Waals surface area contributed by atoms with E-state index in [0.717, 1.165) is 0 Å². The molecular formula is C13H18N6O3. The lowest BCUT2D eigenvalue weighted by molar-refractivity contribution is 0.0951. The van der Waals surface area contributed by atoms with Gasteiger partial charge in [0.25, 0.3) is 5.91 Å². The molecule has 0 spiro atoms. The fourth-order valence-electron chi connectivity index (χ4n) is 1.78. The molecule has 0 radical (unpaired) electrons. The van der Waals surface area contributed by atoms with E-state index in [-0.39, 0.29) is 5.91 Å². The zero-order chi connectivity index (χ0) is 15.8. The highest BCUT2D eigenvalue weighted by Gasteiger charge is 2.13. The van der Waals surface area contributed by atoms with Gasteiger partial charge in [-0.2, -0.15) is 5.21 Å². The van der Waals surface area contributed by atoms with E-state index in [1.54, 1.807) is 18.2 Å². The zero-order valence-corrected chi connectivity index (χ0v) is 12.2. The summed E-state index contributed by atoms with van der Waals surface area (Å²) in [5.41, 5.74) is 5.79. The number of amides is 1. The van der Waals surface area contributed by atoms with Crippen LogP contribution in [0.1, 0.15) is 16.2 Å². The largest absolute Gasteiger partial charge is 0.496 e. The molecule has 9 heteroatoms. The number of carbonyl (C=O) groups excluding carboxylic acids is 1. The van der Waals surface area contributed by atoms with Crippen LogP contribution in [0.4, 0.5) is 0 Å². The van der Waals surface area contributed by atoms with Crippen LogP contribution in [0.2, 0.25) is 0 Å². The number of tetrazole rings is 1. The monoisotopic (exact) mass is 306 g/mol. The van der Waals surface area contributed by atoms with E-state index < -0.39 is 0 Å². The van der Waals surface area contributed by atoms with E-state index in [2.05, 4.69) is 25.9 Å². The average Bonchev–Trinajstić information content (AvgIpc) is 3.05. The van der Waals surface area contributed by atoms with Crippen LogP contribution in [0.15, 0.2) is 18.2 Å². The van der Waals surface area contributed by atoms with E-state index in [4.69, 9.17) is 15.2 Å². The Morgan fingerprint density at radius 3 is 3.00 bits per heavy atom. The van der Waals surface area contributed by atoms with Crippen LogP contribution in [-0.2, 0) is 6.42 Å². The molecule has 4 N–H and O–H groups in total. The number of nitrogens with zero attached hydrogens (tertiary/aromatic N) is 3. The van der Waals surface area contributed by atoms with Crippen molar-refractivity contribution < 1.29 is 14.3 Å². The summed E-state index contributed by atoms with van der Waals surface area (Å²) in [6.45, 7) is 1.18. The van der Waals surface area contributed by atoms with Crippen LogP contribution < -0.4 is 20.5 Å². The molecule has 0 unspecified atom stereocenters. The van der Waals surface area contributed by atoms with Gasteiger partial charge in [-0.05, 0) is 12.1 Å². The van der Waals surface area contributed by atoms with Crippen molar-refractivity contribution in [2.45, 2.75) is 6.42 Å². The first kappa shape index (κ1) is 15.7. The molecule has 0 atom stereocenters. The molecule has 0 fully saturated rings. The van der Waals surface area contributed by atoms with Crippen LogP contribution in [-0.4, -0.2) is 53.3 Å². The Kier molecular flexibility index (Phi) is 5.66. The Morgan fingerprint density at radius 2 is 2.32 bits per heavy atom. The molecule has 1 amide bonds. The number of hydrogen-bond donors (Lipinski definition) is 3. The molecule has 1 heterocycles. The van der Waals surface area contributed by atoms with Crippen molar-refractivity contribution in [1.82, 2.24) is 25.9 Å². The summed E-state index contributed by atoms with van der Waals surface area (Å²) in [5.74, 6) is 1.37. The van der Waals surface area contributed by atoms with Gasteiger partial charge >= 0.3 is 0 Å². The van der Waals surface area contributed by atoms with Gasteiger partial charge in [0, 0.05) is 25.6 Å². The van der Waals surface area contributed by atoms with Crippen molar-refractivity contribution in [3.63, 3.8) is 0 Å². The Hall–Kier alpha value is -2.68. The number of nitrogens with one attached hydrogen (secondary N) is 2. The minimum Gasteiger partial charge on any atom is -0.496 e. The molecule has 0 aliphatic heterocycles. The smallest absolute Gasteiger partial charge is 0.255 e. The highest BCUT2D eigenvalue weighted by atomic mass is 16.5. The quantitative estimate of drug-likeness (QED) is 0.600. The zero-order valence-electron chi connectivity index (χ0n) is 12.2. The molecule has 0 saturated heterocycles. The fraction of sp³-hybridized carbons (Fsp3) is 0.385. The molecule has 22 heavy (non-hydrogen) atoms. The minimum atomic E-state index is -0.236. The van der Waals surface area contributed by atoms with Gasteiger partial charge in [-0.3, -0.25) is 4.79 Å². The molecule has 0 aliphatic carbocycles. The minimum absolute atomic E-state index is 0.236. The first-order chi connectivity index (χ1) is 10.7. The predicted octanol–water partition coefficient (Wildman–Crippen LogP) is -0.482. The molecule has 9 nitrogen and oxygen atoms in total. The second-order valence-corrected chi connectivity index (χ2v) is 4.33. The highest BCUT2D eigenvalue weighted by Crippen LogP contribution is 2.24. The van der Waals surface area contributed by atoms with E-state index in [9.17, 15) is 4.79 Å². The second kappa shape index (κ2) is 7.93. The normalized spacial score (nSPS) is 10.3. The summed E-state index contributed by atoms with van der Waals surface area (Å²) < 4.78 is 10.8. The maximum Gasteiger partial charge on any atom is 0.255 e. The summed E-state index contributed by atoms with van der Waals surface area (Å²) >= 11 is 0. The van der Waals surface area contributed by atoms with Crippen molar-refractivity contribution in [2.24, 2.45) is 5.73 Å². The van der Waals surface area contributed by atoms with Crippen LogP contribution in [0.5, 0.6) is 11.5 Å². The third kappa shape index (κ3) is 4.16. The van der Waals surface area contributed by atoms with Crippen molar-refractivity contribution in [3.05, 3.63) is 29.6 Å². The lowest BCUT2D eigenvalue weighted by Gasteiger charge is -2.11. The molecule has 118 valence electrons. The Balaban J connectivity index is 1.97. The molecular weight excluding hydrogens is 288 g/mol. The Labute approximate surface area is 127 Å². The summed E-state index contributed by atoms with van der Waals surface area (Å²) in [7, 11) is 1.50. The van der Waals surface area contributed by atoms with Crippen LogP contribution in [0, 0.1) is 0 Å². The number of aromatic amines is 1. The van der Waals surface area contributed by atoms with Crippen molar-refractivity contribution in [1.29, 1.82) is 0 Å². The van der Waals surface area contributed by atoms with Crippen LogP contribution in [0.3, 0.4) is 0 Å². The molecule has 1 aromatic heterocycles. The lowest BCUT2D eigenvalue weighted by atomic mass is 10.1. The summed E-state index contributed by atoms with van der Waals surface area (Å²) in [4.78, 5) is 11.9. The molecule has 0 bridgehead atoms. The van der Waals surface area contributed by atoms with Crippen molar-refractivity contribution in [3.8, 4) is 11.5 Å². The van der Waals surface area contributed by atoms with Crippen LogP contribution in [0.25, 0.3) is 0 Å². The van der Waals surface area contributed by atoms with Crippen molar-refractivity contribution >= 4 is 5.91 Å². The third-order valence-electron chi connectivity index (χ3n) is 2.83. The molecule has 2 aromatic rings. The maximum absolute atomic E-state index is 11.9. The number of benzene rings is 1. The maximum atomic E-state index is 11.9. The predicted molar refractivity (Wildman–Crippen MR) is 77.8 cm³/mol. The van der Waals surface area contributed by atoms with Gasteiger partial charge in [0.2, 0.25) is 0 Å². The number of hydrogen-bond acceptors (Lipinski definition) is 7. The van der Waals surface area contributed by atoms with Crippen molar-refractivity contribution in [2.75, 3.05) is 26.8 Å². The molecule has 1 aromatic carbocycles. The third-order valence-corrected chi connectivity index (χ3v) is 2.83. The van der Waals surface area contributed by atoms with Crippen LogP contribution >= 0.6 is 0 Å². The molecule has 0 aliphatic rings. The van der Waals surface area contributed by atoms with E-state index >= 15 is 0 Å². The molecule has 2 rings (SSSR count). The topological polar surface area (TPSA) is 128 Å². The number of H-pyrrole nitrogens is 1. The summed E-state index contributed by atoms with van der Waals surface area (Å²) in [6.07, 6.45) is 0.525. The lowest BCUT2D eigenvalue weighted by Crippen LogP contribution is -2.29. The number of rotatable bonds is 8. The van der Waals surface area contributed by atoms with Gasteiger partial charge < -0.3 is 20.5 Å². The Bertz CT molecular complexity index is 602. The highest BCUT2D eigenvalue weighted by molar-refractivity contribution is 5.97. The number of aromatic nitrogens is 4. The van der Waals surface area contributed by atoms with Gasteiger partial charge in [-0.25, -0.2) is 0 Å². The second-order valence-electron chi connectivity index (χ2n) is 4.33. The summed E-state index contributed by atoms with van der Waals surface area (Å²) in [5, 5.41) is 16.2. The first-order valence-corrected chi connectivity index (χ1v) is 6.76. The fourth-order valence-corrected chi connectivity index (χ4v) is 1.78. The van der Waals surface area contributed by atoms with Gasteiger partial charge in [0.15, 0.2) is 5.82 Å². The molecule has 0 saturated carbocycles. The SMILES string of the molecule is COc1cc(OCCc2nn[nH]n2)ccc1C(=O)NCCN. The average molecular weight is 306 g/mol. The van der Waals surface area contributed by atoms with Gasteiger partial charge in [-0.15, -0.1) is 10.2 Å². The summed E-state index contributed by atoms with van der Waals surface area (Å²) in [6, 6.07) is 5.01. The van der Waals surface area contributed by atoms with E-state index in [0.29, 0.717) is 49.0 Å². The number of nitrogens with two attached hydrogens (primary N) is 1. The van der Waals surface area contributed by atoms with Gasteiger partial charge in [-0.1, -0.05) is 5.21 Å².